The summed E-state index contributed by atoms with van der Waals surface area (Å²) in [6, 6.07) is 12.1. The SMILES string of the molecule is O=C(O[C@H]1Cc2c(O)cc(O)cc2O[C@H]1c1ccc(O)c(O)c1)c1ccc(O)cc1. The molecule has 0 spiro atoms. The van der Waals surface area contributed by atoms with E-state index in [4.69, 9.17) is 9.47 Å². The van der Waals surface area contributed by atoms with E-state index in [2.05, 4.69) is 0 Å². The van der Waals surface area contributed by atoms with Crippen LogP contribution in [0.2, 0.25) is 0 Å². The smallest absolute Gasteiger partial charge is 0.338 e. The number of hydrogen-bond donors (Lipinski definition) is 5. The molecule has 0 aromatic heterocycles. The summed E-state index contributed by atoms with van der Waals surface area (Å²) in [6.45, 7) is 0. The summed E-state index contributed by atoms with van der Waals surface area (Å²) in [5.41, 5.74) is 0.985. The first-order valence-corrected chi connectivity index (χ1v) is 9.05. The number of fused-ring (bicyclic) bond motifs is 1. The van der Waals surface area contributed by atoms with E-state index in [-0.39, 0.29) is 46.5 Å². The molecule has 1 aliphatic heterocycles. The zero-order valence-electron chi connectivity index (χ0n) is 15.5. The minimum absolute atomic E-state index is 0.00338. The van der Waals surface area contributed by atoms with Crippen molar-refractivity contribution in [2.45, 2.75) is 18.6 Å². The first-order chi connectivity index (χ1) is 14.3. The highest BCUT2D eigenvalue weighted by molar-refractivity contribution is 5.89. The minimum Gasteiger partial charge on any atom is -0.508 e. The predicted octanol–water partition coefficient (Wildman–Crippen LogP) is 3.12. The number of carbonyl (C=O) groups excluding carboxylic acids is 1. The van der Waals surface area contributed by atoms with Gasteiger partial charge in [0.25, 0.3) is 0 Å². The average Bonchev–Trinajstić information content (AvgIpc) is 2.70. The van der Waals surface area contributed by atoms with Gasteiger partial charge in [0, 0.05) is 29.7 Å². The molecule has 0 unspecified atom stereocenters. The topological polar surface area (TPSA) is 137 Å². The number of rotatable bonds is 3. The van der Waals surface area contributed by atoms with E-state index < -0.39 is 18.2 Å². The molecule has 30 heavy (non-hydrogen) atoms. The number of hydrogen-bond acceptors (Lipinski definition) is 8. The zero-order valence-corrected chi connectivity index (χ0v) is 15.5. The Balaban J connectivity index is 1.71. The van der Waals surface area contributed by atoms with Crippen LogP contribution in [0.15, 0.2) is 54.6 Å². The fraction of sp³-hybridized carbons (Fsp3) is 0.136. The third kappa shape index (κ3) is 3.62. The van der Waals surface area contributed by atoms with Gasteiger partial charge in [-0.15, -0.1) is 0 Å². The van der Waals surface area contributed by atoms with Crippen LogP contribution in [-0.4, -0.2) is 37.6 Å². The highest BCUT2D eigenvalue weighted by Crippen LogP contribution is 2.43. The third-order valence-corrected chi connectivity index (χ3v) is 4.86. The van der Waals surface area contributed by atoms with E-state index in [1.807, 2.05) is 0 Å². The highest BCUT2D eigenvalue weighted by Gasteiger charge is 2.36. The molecule has 2 atom stereocenters. The number of ether oxygens (including phenoxy) is 2. The molecule has 5 N–H and O–H groups in total. The summed E-state index contributed by atoms with van der Waals surface area (Å²) in [7, 11) is 0. The number of aromatic hydroxyl groups is 5. The summed E-state index contributed by atoms with van der Waals surface area (Å²) in [5.74, 6) is -1.54. The van der Waals surface area contributed by atoms with Crippen molar-refractivity contribution in [3.63, 3.8) is 0 Å². The second-order valence-corrected chi connectivity index (χ2v) is 6.92. The lowest BCUT2D eigenvalue weighted by molar-refractivity contribution is -0.0188. The molecule has 3 aromatic rings. The molecule has 0 aliphatic carbocycles. The van der Waals surface area contributed by atoms with Gasteiger partial charge in [0.15, 0.2) is 17.6 Å². The molecule has 0 fully saturated rings. The fourth-order valence-electron chi connectivity index (χ4n) is 3.35. The first-order valence-electron chi connectivity index (χ1n) is 9.05. The van der Waals surface area contributed by atoms with Gasteiger partial charge in [-0.25, -0.2) is 4.79 Å². The van der Waals surface area contributed by atoms with E-state index >= 15 is 0 Å². The number of esters is 1. The molecule has 0 saturated heterocycles. The Morgan fingerprint density at radius 2 is 1.57 bits per heavy atom. The van der Waals surface area contributed by atoms with Gasteiger partial charge in [-0.1, -0.05) is 6.07 Å². The molecular formula is C22H18O8. The fourth-order valence-corrected chi connectivity index (χ4v) is 3.35. The van der Waals surface area contributed by atoms with E-state index in [9.17, 15) is 30.3 Å². The van der Waals surface area contributed by atoms with Gasteiger partial charge >= 0.3 is 5.97 Å². The largest absolute Gasteiger partial charge is 0.508 e. The van der Waals surface area contributed by atoms with Crippen molar-refractivity contribution in [2.24, 2.45) is 0 Å². The van der Waals surface area contributed by atoms with Crippen LogP contribution in [0.4, 0.5) is 0 Å². The van der Waals surface area contributed by atoms with E-state index in [0.717, 1.165) is 6.07 Å². The lowest BCUT2D eigenvalue weighted by Gasteiger charge is -2.34. The van der Waals surface area contributed by atoms with Crippen molar-refractivity contribution in [2.75, 3.05) is 0 Å². The molecule has 154 valence electrons. The second kappa shape index (κ2) is 7.40. The van der Waals surface area contributed by atoms with Gasteiger partial charge in [0.05, 0.1) is 5.56 Å². The monoisotopic (exact) mass is 410 g/mol. The van der Waals surface area contributed by atoms with Crippen LogP contribution >= 0.6 is 0 Å². The zero-order chi connectivity index (χ0) is 21.4. The van der Waals surface area contributed by atoms with Crippen LogP contribution in [0.3, 0.4) is 0 Å². The van der Waals surface area contributed by atoms with Gasteiger partial charge in [0.2, 0.25) is 0 Å². The molecular weight excluding hydrogens is 392 g/mol. The van der Waals surface area contributed by atoms with Crippen molar-refractivity contribution in [1.82, 2.24) is 0 Å². The Labute approximate surface area is 170 Å². The molecule has 0 bridgehead atoms. The summed E-state index contributed by atoms with van der Waals surface area (Å²) >= 11 is 0. The maximum Gasteiger partial charge on any atom is 0.338 e. The number of carbonyl (C=O) groups is 1. The summed E-state index contributed by atoms with van der Waals surface area (Å²) < 4.78 is 11.5. The minimum atomic E-state index is -0.891. The van der Waals surface area contributed by atoms with Crippen LogP contribution in [0.1, 0.15) is 27.6 Å². The molecule has 8 heteroatoms. The van der Waals surface area contributed by atoms with E-state index in [1.165, 1.54) is 48.5 Å². The van der Waals surface area contributed by atoms with Gasteiger partial charge in [-0.2, -0.15) is 0 Å². The maximum absolute atomic E-state index is 12.6. The quantitative estimate of drug-likeness (QED) is 0.328. The molecule has 4 rings (SSSR count). The third-order valence-electron chi connectivity index (χ3n) is 4.86. The van der Waals surface area contributed by atoms with Crippen LogP contribution in [-0.2, 0) is 11.2 Å². The van der Waals surface area contributed by atoms with Gasteiger partial charge in [-0.3, -0.25) is 0 Å². The summed E-state index contributed by atoms with van der Waals surface area (Å²) in [5, 5.41) is 48.8. The molecule has 0 amide bonds. The molecule has 0 saturated carbocycles. The Kier molecular flexibility index (Phi) is 4.75. The molecule has 3 aromatic carbocycles. The van der Waals surface area contributed by atoms with Crippen LogP contribution < -0.4 is 4.74 Å². The van der Waals surface area contributed by atoms with Crippen molar-refractivity contribution in [3.05, 3.63) is 71.3 Å². The molecule has 0 radical (unpaired) electrons. The van der Waals surface area contributed by atoms with Crippen molar-refractivity contribution >= 4 is 5.97 Å². The predicted molar refractivity (Wildman–Crippen MR) is 104 cm³/mol. The van der Waals surface area contributed by atoms with Crippen molar-refractivity contribution in [3.8, 4) is 34.5 Å². The Hall–Kier alpha value is -4.07. The lowest BCUT2D eigenvalue weighted by atomic mass is 9.93. The van der Waals surface area contributed by atoms with Gasteiger partial charge in [-0.05, 0) is 36.4 Å². The normalized spacial score (nSPS) is 17.6. The standard InChI is InChI=1S/C22H18O8/c23-13-4-1-11(2-5-13)22(28)30-20-10-15-17(26)8-14(24)9-19(15)29-21(20)12-3-6-16(25)18(27)7-12/h1-9,20-21,23-27H,10H2/t20-,21-/m0/s1. The first kappa shape index (κ1) is 19.3. The number of phenolic OH excluding ortho intramolecular Hbond substituents is 5. The van der Waals surface area contributed by atoms with E-state index in [0.29, 0.717) is 11.1 Å². The van der Waals surface area contributed by atoms with Crippen LogP contribution in [0, 0.1) is 0 Å². The van der Waals surface area contributed by atoms with Gasteiger partial charge in [0.1, 0.15) is 29.1 Å². The van der Waals surface area contributed by atoms with Crippen LogP contribution in [0.25, 0.3) is 0 Å². The lowest BCUT2D eigenvalue weighted by Crippen LogP contribution is -2.34. The van der Waals surface area contributed by atoms with Crippen molar-refractivity contribution in [1.29, 1.82) is 0 Å². The number of benzene rings is 3. The average molecular weight is 410 g/mol. The second-order valence-electron chi connectivity index (χ2n) is 6.92. The van der Waals surface area contributed by atoms with Gasteiger partial charge < -0.3 is 35.0 Å². The molecule has 1 aliphatic rings. The summed E-state index contributed by atoms with van der Waals surface area (Å²) in [6.07, 6.45) is -1.69. The number of phenols is 5. The maximum atomic E-state index is 12.6. The highest BCUT2D eigenvalue weighted by atomic mass is 16.6. The molecule has 1 heterocycles. The molecule has 8 nitrogen and oxygen atoms in total. The Morgan fingerprint density at radius 3 is 2.27 bits per heavy atom. The van der Waals surface area contributed by atoms with E-state index in [1.54, 1.807) is 0 Å². The van der Waals surface area contributed by atoms with Crippen LogP contribution in [0.5, 0.6) is 34.5 Å². The summed E-state index contributed by atoms with van der Waals surface area (Å²) in [4.78, 5) is 12.6. The Morgan fingerprint density at radius 1 is 0.833 bits per heavy atom. The van der Waals surface area contributed by atoms with Crippen molar-refractivity contribution < 1.29 is 39.8 Å². The Bertz CT molecular complexity index is 1110.